The number of nitrogens with zero attached hydrogens (tertiary/aromatic N) is 2. The summed E-state index contributed by atoms with van der Waals surface area (Å²) in [5.41, 5.74) is 0.358. The normalized spacial score (nSPS) is 11.3. The molecule has 1 unspecified atom stereocenters. The number of fused-ring (bicyclic) bond motifs is 1. The Balaban J connectivity index is 1.85. The topological polar surface area (TPSA) is 125 Å². The third-order valence-corrected chi connectivity index (χ3v) is 4.76. The molecular weight excluding hydrogens is 396 g/mol. The van der Waals surface area contributed by atoms with Gasteiger partial charge in [-0.05, 0) is 22.4 Å². The van der Waals surface area contributed by atoms with Gasteiger partial charge in [0.2, 0.25) is 5.91 Å². The Morgan fingerprint density at radius 1 is 1.03 bits per heavy atom. The molecule has 0 aromatic heterocycles. The molecule has 2 N–H and O–H groups in total. The fourth-order valence-electron chi connectivity index (χ4n) is 3.24. The second-order valence-corrected chi connectivity index (χ2v) is 6.89. The molecule has 31 heavy (non-hydrogen) atoms. The van der Waals surface area contributed by atoms with Gasteiger partial charge in [0, 0.05) is 19.0 Å². The number of hydrogen-bond donors (Lipinski definition) is 2. The first-order chi connectivity index (χ1) is 15.0. The zero-order valence-electron chi connectivity index (χ0n) is 16.6. The van der Waals surface area contributed by atoms with Gasteiger partial charge in [-0.25, -0.2) is 0 Å². The first-order valence-electron chi connectivity index (χ1n) is 9.66. The van der Waals surface area contributed by atoms with E-state index in [-0.39, 0.29) is 30.6 Å². The van der Waals surface area contributed by atoms with E-state index in [0.717, 1.165) is 16.3 Å². The lowest BCUT2D eigenvalue weighted by Crippen LogP contribution is -2.48. The van der Waals surface area contributed by atoms with Crippen molar-refractivity contribution in [1.82, 2.24) is 10.6 Å². The molecule has 0 aliphatic carbocycles. The number of benzene rings is 3. The average molecular weight is 416 g/mol. The number of nitriles is 1. The monoisotopic (exact) mass is 416 g/mol. The Labute approximate surface area is 178 Å². The first kappa shape index (κ1) is 21.5. The van der Waals surface area contributed by atoms with Gasteiger partial charge in [-0.15, -0.1) is 0 Å². The number of carbonyl (C=O) groups excluding carboxylic acids is 2. The van der Waals surface area contributed by atoms with Crippen molar-refractivity contribution in [3.8, 4) is 6.07 Å². The molecule has 0 saturated carbocycles. The predicted molar refractivity (Wildman–Crippen MR) is 115 cm³/mol. The van der Waals surface area contributed by atoms with Crippen LogP contribution in [0.3, 0.4) is 0 Å². The quantitative estimate of drug-likeness (QED) is 0.332. The third kappa shape index (κ3) is 5.42. The van der Waals surface area contributed by atoms with Crippen LogP contribution in [-0.2, 0) is 11.2 Å². The number of nitrogens with one attached hydrogen (secondary N) is 2. The van der Waals surface area contributed by atoms with Crippen LogP contribution in [-0.4, -0.2) is 29.3 Å². The summed E-state index contributed by atoms with van der Waals surface area (Å²) < 4.78 is 0. The zero-order valence-corrected chi connectivity index (χ0v) is 16.6. The van der Waals surface area contributed by atoms with E-state index < -0.39 is 22.8 Å². The lowest BCUT2D eigenvalue weighted by molar-refractivity contribution is -0.385. The Bertz CT molecular complexity index is 1170. The Morgan fingerprint density at radius 3 is 2.48 bits per heavy atom. The summed E-state index contributed by atoms with van der Waals surface area (Å²) in [7, 11) is 0. The minimum Gasteiger partial charge on any atom is -0.353 e. The van der Waals surface area contributed by atoms with E-state index in [1.807, 2.05) is 48.5 Å². The van der Waals surface area contributed by atoms with Crippen molar-refractivity contribution in [2.45, 2.75) is 18.9 Å². The SMILES string of the molecule is N#CCCNC(=O)C(Cc1ccc2ccccc2c1)NC(=O)c1ccccc1[N+](=O)[O-]. The molecule has 0 radical (unpaired) electrons. The molecule has 8 heteroatoms. The number of carbonyl (C=O) groups is 2. The summed E-state index contributed by atoms with van der Waals surface area (Å²) in [4.78, 5) is 36.1. The molecule has 156 valence electrons. The average Bonchev–Trinajstić information content (AvgIpc) is 2.78. The zero-order chi connectivity index (χ0) is 22.2. The van der Waals surface area contributed by atoms with E-state index in [4.69, 9.17) is 5.26 Å². The van der Waals surface area contributed by atoms with Gasteiger partial charge in [0.15, 0.2) is 0 Å². The summed E-state index contributed by atoms with van der Waals surface area (Å²) in [6, 6.07) is 20.0. The van der Waals surface area contributed by atoms with E-state index in [0.29, 0.717) is 0 Å². The van der Waals surface area contributed by atoms with Crippen LogP contribution >= 0.6 is 0 Å². The summed E-state index contributed by atoms with van der Waals surface area (Å²) in [5.74, 6) is -1.18. The molecule has 3 aromatic rings. The molecule has 8 nitrogen and oxygen atoms in total. The minimum absolute atomic E-state index is 0.124. The van der Waals surface area contributed by atoms with Crippen LogP contribution in [0.15, 0.2) is 66.7 Å². The number of amides is 2. The molecule has 1 atom stereocenters. The van der Waals surface area contributed by atoms with Gasteiger partial charge >= 0.3 is 0 Å². The molecule has 0 fully saturated rings. The van der Waals surface area contributed by atoms with Gasteiger partial charge in [0.25, 0.3) is 11.6 Å². The summed E-state index contributed by atoms with van der Waals surface area (Å²) in [6.07, 6.45) is 0.322. The van der Waals surface area contributed by atoms with Gasteiger partial charge in [-0.1, -0.05) is 54.6 Å². The maximum Gasteiger partial charge on any atom is 0.282 e. The molecule has 3 aromatic carbocycles. The van der Waals surface area contributed by atoms with E-state index in [9.17, 15) is 19.7 Å². The van der Waals surface area contributed by atoms with E-state index in [2.05, 4.69) is 10.6 Å². The van der Waals surface area contributed by atoms with Crippen molar-refractivity contribution in [3.63, 3.8) is 0 Å². The number of nitro groups is 1. The molecule has 0 aliphatic rings. The molecule has 0 heterocycles. The van der Waals surface area contributed by atoms with E-state index in [1.165, 1.54) is 24.3 Å². The number of hydrogen-bond acceptors (Lipinski definition) is 5. The third-order valence-electron chi connectivity index (χ3n) is 4.76. The van der Waals surface area contributed by atoms with Crippen molar-refractivity contribution >= 4 is 28.3 Å². The Kier molecular flexibility index (Phi) is 6.91. The summed E-state index contributed by atoms with van der Waals surface area (Å²) in [6.45, 7) is 0.144. The van der Waals surface area contributed by atoms with Crippen molar-refractivity contribution in [3.05, 3.63) is 88.0 Å². The lowest BCUT2D eigenvalue weighted by Gasteiger charge is -2.19. The second-order valence-electron chi connectivity index (χ2n) is 6.89. The van der Waals surface area contributed by atoms with Crippen LogP contribution in [0.25, 0.3) is 10.8 Å². The number of nitro benzene ring substituents is 1. The minimum atomic E-state index is -0.966. The van der Waals surface area contributed by atoms with Crippen molar-refractivity contribution in [2.75, 3.05) is 6.54 Å². The van der Waals surface area contributed by atoms with Crippen LogP contribution in [0.4, 0.5) is 5.69 Å². The highest BCUT2D eigenvalue weighted by molar-refractivity contribution is 6.00. The smallest absolute Gasteiger partial charge is 0.282 e. The number of rotatable bonds is 8. The maximum absolute atomic E-state index is 12.8. The van der Waals surface area contributed by atoms with Crippen molar-refractivity contribution in [1.29, 1.82) is 5.26 Å². The van der Waals surface area contributed by atoms with E-state index >= 15 is 0 Å². The Morgan fingerprint density at radius 2 is 1.74 bits per heavy atom. The Hall–Kier alpha value is -4.25. The van der Waals surface area contributed by atoms with Gasteiger partial charge in [0.1, 0.15) is 11.6 Å². The molecule has 0 bridgehead atoms. The predicted octanol–water partition coefficient (Wildman–Crippen LogP) is 3.12. The van der Waals surface area contributed by atoms with Crippen LogP contribution in [0.1, 0.15) is 22.3 Å². The molecule has 0 spiro atoms. The van der Waals surface area contributed by atoms with Gasteiger partial charge < -0.3 is 10.6 Å². The van der Waals surface area contributed by atoms with Crippen LogP contribution in [0.5, 0.6) is 0 Å². The summed E-state index contributed by atoms with van der Waals surface area (Å²) >= 11 is 0. The van der Waals surface area contributed by atoms with Crippen molar-refractivity contribution in [2.24, 2.45) is 0 Å². The van der Waals surface area contributed by atoms with Crippen LogP contribution in [0.2, 0.25) is 0 Å². The number of para-hydroxylation sites is 1. The van der Waals surface area contributed by atoms with Gasteiger partial charge in [-0.3, -0.25) is 19.7 Å². The second kappa shape index (κ2) is 9.98. The lowest BCUT2D eigenvalue weighted by atomic mass is 10.0. The molecular formula is C23H20N4O4. The fourth-order valence-corrected chi connectivity index (χ4v) is 3.24. The van der Waals surface area contributed by atoms with Gasteiger partial charge in [0.05, 0.1) is 17.4 Å². The fraction of sp³-hybridized carbons (Fsp3) is 0.174. The van der Waals surface area contributed by atoms with Crippen LogP contribution < -0.4 is 10.6 Å². The molecule has 0 aliphatic heterocycles. The maximum atomic E-state index is 12.8. The largest absolute Gasteiger partial charge is 0.353 e. The van der Waals surface area contributed by atoms with E-state index in [1.54, 1.807) is 0 Å². The highest BCUT2D eigenvalue weighted by Crippen LogP contribution is 2.19. The van der Waals surface area contributed by atoms with Gasteiger partial charge in [-0.2, -0.15) is 5.26 Å². The highest BCUT2D eigenvalue weighted by atomic mass is 16.6. The first-order valence-corrected chi connectivity index (χ1v) is 9.66. The molecule has 0 saturated heterocycles. The molecule has 3 rings (SSSR count). The summed E-state index contributed by atoms with van der Waals surface area (Å²) in [5, 5.41) is 27.2. The highest BCUT2D eigenvalue weighted by Gasteiger charge is 2.25. The standard InChI is InChI=1S/C23H20N4O4/c24-12-5-13-25-23(29)20(15-16-10-11-17-6-1-2-7-18(17)14-16)26-22(28)19-8-3-4-9-21(19)27(30)31/h1-4,6-11,14,20H,5,13,15H2,(H,25,29)(H,26,28). The van der Waals surface area contributed by atoms with Crippen LogP contribution in [0, 0.1) is 21.4 Å². The van der Waals surface area contributed by atoms with Crippen molar-refractivity contribution < 1.29 is 14.5 Å². The molecule has 2 amide bonds.